The molecule has 0 atom stereocenters. The van der Waals surface area contributed by atoms with Crippen LogP contribution in [0.25, 0.3) is 0 Å². The fourth-order valence-corrected chi connectivity index (χ4v) is 4.01. The molecular weight excluding hydrogens is 328 g/mol. The highest BCUT2D eigenvalue weighted by Gasteiger charge is 2.26. The largest absolute Gasteiger partial charge is 0.496 e. The minimum Gasteiger partial charge on any atom is -0.496 e. The van der Waals surface area contributed by atoms with Gasteiger partial charge in [-0.15, -0.1) is 0 Å². The summed E-state index contributed by atoms with van der Waals surface area (Å²) in [7, 11) is -1.52. The number of methoxy groups -OCH3 is 1. The van der Waals surface area contributed by atoms with E-state index < -0.39 is 10.0 Å². The number of hydrogen-bond acceptors (Lipinski definition) is 4. The molecule has 1 aliphatic rings. The van der Waals surface area contributed by atoms with Crippen molar-refractivity contribution >= 4 is 15.9 Å². The maximum Gasteiger partial charge on any atom is 0.227 e. The van der Waals surface area contributed by atoms with Gasteiger partial charge < -0.3 is 9.64 Å². The van der Waals surface area contributed by atoms with Gasteiger partial charge in [-0.25, -0.2) is 8.42 Å². The van der Waals surface area contributed by atoms with E-state index in [4.69, 9.17) is 4.74 Å². The average molecular weight is 354 g/mol. The van der Waals surface area contributed by atoms with Crippen LogP contribution in [0, 0.1) is 20.8 Å². The first-order chi connectivity index (χ1) is 11.1. The number of carbonyl (C=O) groups excluding carboxylic acids is 1. The first-order valence-electron chi connectivity index (χ1n) is 8.01. The van der Waals surface area contributed by atoms with Gasteiger partial charge >= 0.3 is 0 Å². The van der Waals surface area contributed by atoms with Crippen LogP contribution < -0.4 is 4.74 Å². The maximum absolute atomic E-state index is 12.6. The second-order valence-electron chi connectivity index (χ2n) is 6.36. The van der Waals surface area contributed by atoms with Crippen LogP contribution in [0.5, 0.6) is 5.75 Å². The first kappa shape index (κ1) is 18.7. The molecule has 0 aliphatic carbocycles. The summed E-state index contributed by atoms with van der Waals surface area (Å²) in [6, 6.07) is 2.01. The molecule has 6 nitrogen and oxygen atoms in total. The summed E-state index contributed by atoms with van der Waals surface area (Å²) in [6.45, 7) is 7.60. The third-order valence-corrected chi connectivity index (χ3v) is 6.04. The number of rotatable bonds is 4. The van der Waals surface area contributed by atoms with Gasteiger partial charge in [0.05, 0.1) is 19.8 Å². The zero-order chi connectivity index (χ0) is 18.1. The molecule has 1 heterocycles. The summed E-state index contributed by atoms with van der Waals surface area (Å²) in [5.41, 5.74) is 4.15. The molecule has 1 fully saturated rings. The predicted molar refractivity (Wildman–Crippen MR) is 93.9 cm³/mol. The number of carbonyl (C=O) groups is 1. The van der Waals surface area contributed by atoms with E-state index in [0.29, 0.717) is 32.6 Å². The zero-order valence-corrected chi connectivity index (χ0v) is 15.9. The number of sulfonamides is 1. The van der Waals surface area contributed by atoms with Crippen molar-refractivity contribution < 1.29 is 17.9 Å². The predicted octanol–water partition coefficient (Wildman–Crippen LogP) is 1.27. The van der Waals surface area contributed by atoms with Crippen molar-refractivity contribution in [2.24, 2.45) is 0 Å². The number of aryl methyl sites for hydroxylation is 1. The molecule has 0 bridgehead atoms. The van der Waals surface area contributed by atoms with Gasteiger partial charge in [-0.05, 0) is 43.0 Å². The molecule has 2 rings (SSSR count). The van der Waals surface area contributed by atoms with Crippen LogP contribution in [0.4, 0.5) is 0 Å². The Morgan fingerprint density at radius 1 is 1.12 bits per heavy atom. The van der Waals surface area contributed by atoms with Crippen molar-refractivity contribution in [2.75, 3.05) is 39.5 Å². The van der Waals surface area contributed by atoms with E-state index in [1.54, 1.807) is 12.0 Å². The van der Waals surface area contributed by atoms with Gasteiger partial charge in [0.25, 0.3) is 0 Å². The molecule has 1 aliphatic heterocycles. The molecule has 24 heavy (non-hydrogen) atoms. The van der Waals surface area contributed by atoms with Gasteiger partial charge in [-0.1, -0.05) is 6.07 Å². The van der Waals surface area contributed by atoms with Crippen LogP contribution in [-0.2, 0) is 21.2 Å². The molecule has 1 aromatic rings. The van der Waals surface area contributed by atoms with Crippen molar-refractivity contribution in [3.63, 3.8) is 0 Å². The second kappa shape index (κ2) is 7.11. The SMILES string of the molecule is COc1c(C)cc(CC(=O)N2CCN(S(C)(=O)=O)CC2)c(C)c1C. The quantitative estimate of drug-likeness (QED) is 0.817. The van der Waals surface area contributed by atoms with Crippen molar-refractivity contribution in [3.8, 4) is 5.75 Å². The molecule has 0 N–H and O–H groups in total. The monoisotopic (exact) mass is 354 g/mol. The normalized spacial score (nSPS) is 16.3. The van der Waals surface area contributed by atoms with Gasteiger partial charge in [0.2, 0.25) is 15.9 Å². The Morgan fingerprint density at radius 3 is 2.21 bits per heavy atom. The summed E-state index contributed by atoms with van der Waals surface area (Å²) in [6.07, 6.45) is 1.53. The van der Waals surface area contributed by atoms with Gasteiger partial charge in [-0.2, -0.15) is 4.31 Å². The Bertz CT molecular complexity index is 735. The highest BCUT2D eigenvalue weighted by atomic mass is 32.2. The molecule has 134 valence electrons. The van der Waals surface area contributed by atoms with Crippen LogP contribution in [0.3, 0.4) is 0 Å². The van der Waals surface area contributed by atoms with Gasteiger partial charge in [0.15, 0.2) is 0 Å². The number of hydrogen-bond donors (Lipinski definition) is 0. The molecule has 0 spiro atoms. The second-order valence-corrected chi connectivity index (χ2v) is 8.34. The first-order valence-corrected chi connectivity index (χ1v) is 9.86. The standard InChI is InChI=1S/C17H26N2O4S/c1-12-10-15(13(2)14(3)17(12)23-4)11-16(20)18-6-8-19(9-7-18)24(5,21)22/h10H,6-9,11H2,1-5H3. The summed E-state index contributed by atoms with van der Waals surface area (Å²) >= 11 is 0. The van der Waals surface area contributed by atoms with Crippen molar-refractivity contribution in [1.29, 1.82) is 0 Å². The Balaban J connectivity index is 2.09. The number of ether oxygens (including phenoxy) is 1. The fourth-order valence-electron chi connectivity index (χ4n) is 3.18. The minimum atomic E-state index is -3.18. The zero-order valence-electron chi connectivity index (χ0n) is 15.0. The van der Waals surface area contributed by atoms with Gasteiger partial charge in [-0.3, -0.25) is 4.79 Å². The Hall–Kier alpha value is -1.60. The lowest BCUT2D eigenvalue weighted by atomic mass is 9.96. The lowest BCUT2D eigenvalue weighted by molar-refractivity contribution is -0.131. The summed E-state index contributed by atoms with van der Waals surface area (Å²) in [5.74, 6) is 0.903. The molecular formula is C17H26N2O4S. The number of nitrogens with zero attached hydrogens (tertiary/aromatic N) is 2. The van der Waals surface area contributed by atoms with E-state index in [1.807, 2.05) is 26.8 Å². The summed E-state index contributed by atoms with van der Waals surface area (Å²) < 4.78 is 29.9. The topological polar surface area (TPSA) is 66.9 Å². The molecule has 0 radical (unpaired) electrons. The molecule has 0 aromatic heterocycles. The fraction of sp³-hybridized carbons (Fsp3) is 0.588. The summed E-state index contributed by atoms with van der Waals surface area (Å²) in [4.78, 5) is 14.3. The molecule has 0 unspecified atom stereocenters. The Kier molecular flexibility index (Phi) is 5.55. The van der Waals surface area contributed by atoms with Crippen LogP contribution in [0.15, 0.2) is 6.07 Å². The smallest absolute Gasteiger partial charge is 0.227 e. The lowest BCUT2D eigenvalue weighted by Gasteiger charge is -2.33. The van der Waals surface area contributed by atoms with E-state index in [0.717, 1.165) is 28.0 Å². The third kappa shape index (κ3) is 3.89. The molecule has 1 aromatic carbocycles. The highest BCUT2D eigenvalue weighted by Crippen LogP contribution is 2.29. The Labute approximate surface area is 144 Å². The number of amides is 1. The van der Waals surface area contributed by atoms with E-state index in [1.165, 1.54) is 10.6 Å². The van der Waals surface area contributed by atoms with Crippen molar-refractivity contribution in [3.05, 3.63) is 28.3 Å². The number of piperazine rings is 1. The molecule has 1 saturated heterocycles. The average Bonchev–Trinajstić information content (AvgIpc) is 2.52. The van der Waals surface area contributed by atoms with E-state index >= 15 is 0 Å². The van der Waals surface area contributed by atoms with E-state index in [2.05, 4.69) is 0 Å². The Morgan fingerprint density at radius 2 is 1.71 bits per heavy atom. The van der Waals surface area contributed by atoms with Gasteiger partial charge in [0, 0.05) is 26.2 Å². The minimum absolute atomic E-state index is 0.0372. The molecule has 0 saturated carbocycles. The van der Waals surface area contributed by atoms with Crippen molar-refractivity contribution in [2.45, 2.75) is 27.2 Å². The summed E-state index contributed by atoms with van der Waals surface area (Å²) in [5, 5.41) is 0. The van der Waals surface area contributed by atoms with E-state index in [-0.39, 0.29) is 5.91 Å². The number of benzene rings is 1. The van der Waals surface area contributed by atoms with Gasteiger partial charge in [0.1, 0.15) is 5.75 Å². The molecule has 1 amide bonds. The maximum atomic E-state index is 12.6. The van der Waals surface area contributed by atoms with Crippen molar-refractivity contribution in [1.82, 2.24) is 9.21 Å². The lowest BCUT2D eigenvalue weighted by Crippen LogP contribution is -2.50. The van der Waals surface area contributed by atoms with E-state index in [9.17, 15) is 13.2 Å². The van der Waals surface area contributed by atoms with Crippen LogP contribution >= 0.6 is 0 Å². The molecule has 7 heteroatoms. The highest BCUT2D eigenvalue weighted by molar-refractivity contribution is 7.88. The van der Waals surface area contributed by atoms with Crippen LogP contribution in [-0.4, -0.2) is 63.1 Å². The van der Waals surface area contributed by atoms with Crippen LogP contribution in [0.1, 0.15) is 22.3 Å². The van der Waals surface area contributed by atoms with Crippen LogP contribution in [0.2, 0.25) is 0 Å². The third-order valence-electron chi connectivity index (χ3n) is 4.74.